The summed E-state index contributed by atoms with van der Waals surface area (Å²) in [6, 6.07) is 19.2. The van der Waals surface area contributed by atoms with Gasteiger partial charge in [0.2, 0.25) is 0 Å². The lowest BCUT2D eigenvalue weighted by Crippen LogP contribution is -2.04. The van der Waals surface area contributed by atoms with E-state index < -0.39 is 5.97 Å². The normalized spacial score (nSPS) is 10.6. The second-order valence-corrected chi connectivity index (χ2v) is 7.12. The minimum Gasteiger partial charge on any atom is -0.489 e. The molecule has 1 N–H and O–H groups in total. The lowest BCUT2D eigenvalue weighted by molar-refractivity contribution is 0.0514. The average Bonchev–Trinajstić information content (AvgIpc) is 3.43. The van der Waals surface area contributed by atoms with E-state index in [4.69, 9.17) is 14.0 Å². The number of aromatic nitrogens is 2. The van der Waals surface area contributed by atoms with E-state index in [1.165, 1.54) is 17.4 Å². The molecule has 30 heavy (non-hydrogen) atoms. The molecule has 0 atom stereocenters. The molecule has 0 radical (unpaired) electrons. The zero-order chi connectivity index (χ0) is 20.8. The Labute approximate surface area is 177 Å². The van der Waals surface area contributed by atoms with Crippen LogP contribution in [-0.4, -0.2) is 22.7 Å². The maximum absolute atomic E-state index is 11.7. The van der Waals surface area contributed by atoms with Gasteiger partial charge in [-0.15, -0.1) is 11.3 Å². The van der Waals surface area contributed by atoms with E-state index in [2.05, 4.69) is 15.5 Å². The number of carbonyl (C=O) groups is 1. The topological polar surface area (TPSA) is 86.5 Å². The first kappa shape index (κ1) is 19.7. The van der Waals surface area contributed by atoms with Crippen molar-refractivity contribution < 1.29 is 18.8 Å². The van der Waals surface area contributed by atoms with Gasteiger partial charge in [0.15, 0.2) is 16.6 Å². The molecule has 0 aliphatic heterocycles. The van der Waals surface area contributed by atoms with Gasteiger partial charge < -0.3 is 19.3 Å². The summed E-state index contributed by atoms with van der Waals surface area (Å²) in [6.07, 6.45) is 0. The van der Waals surface area contributed by atoms with Gasteiger partial charge in [-0.3, -0.25) is 0 Å². The van der Waals surface area contributed by atoms with Crippen LogP contribution in [-0.2, 0) is 11.3 Å². The van der Waals surface area contributed by atoms with E-state index in [1.807, 2.05) is 60.0 Å². The molecular formula is C22H19N3O4S. The van der Waals surface area contributed by atoms with Gasteiger partial charge in [-0.25, -0.2) is 9.78 Å². The van der Waals surface area contributed by atoms with Gasteiger partial charge >= 0.3 is 5.97 Å². The second kappa shape index (κ2) is 9.23. The Balaban J connectivity index is 1.41. The third-order valence-electron chi connectivity index (χ3n) is 4.08. The molecule has 0 saturated carbocycles. The highest BCUT2D eigenvalue weighted by Gasteiger charge is 2.16. The van der Waals surface area contributed by atoms with Crippen molar-refractivity contribution in [1.82, 2.24) is 10.1 Å². The standard InChI is InChI=1S/C22H19N3O4S/c1-2-27-21(26)18-12-20(29-25-18)19-14-30-22(24-19)23-16-9-6-10-17(11-16)28-13-15-7-4-3-5-8-15/h3-12,14H,2,13H2,1H3,(H,23,24). The van der Waals surface area contributed by atoms with Crippen LogP contribution in [0.5, 0.6) is 5.75 Å². The number of rotatable bonds is 8. The molecule has 2 aromatic carbocycles. The molecule has 0 fully saturated rings. The Kier molecular flexibility index (Phi) is 6.05. The van der Waals surface area contributed by atoms with Crippen molar-refractivity contribution in [3.63, 3.8) is 0 Å². The number of thiazole rings is 1. The van der Waals surface area contributed by atoms with Crippen LogP contribution in [0, 0.1) is 0 Å². The molecule has 0 saturated heterocycles. The molecule has 2 heterocycles. The molecule has 0 bridgehead atoms. The fraction of sp³-hybridized carbons (Fsp3) is 0.136. The van der Waals surface area contributed by atoms with Crippen LogP contribution in [0.3, 0.4) is 0 Å². The van der Waals surface area contributed by atoms with Crippen molar-refractivity contribution in [2.24, 2.45) is 0 Å². The molecule has 2 aromatic heterocycles. The number of hydrogen-bond acceptors (Lipinski definition) is 8. The van der Waals surface area contributed by atoms with Crippen LogP contribution in [0.25, 0.3) is 11.5 Å². The smallest absolute Gasteiger partial charge is 0.360 e. The van der Waals surface area contributed by atoms with Crippen molar-refractivity contribution in [3.05, 3.63) is 77.3 Å². The number of benzene rings is 2. The van der Waals surface area contributed by atoms with E-state index in [-0.39, 0.29) is 12.3 Å². The number of nitrogens with zero attached hydrogens (tertiary/aromatic N) is 2. The van der Waals surface area contributed by atoms with Gasteiger partial charge in [-0.2, -0.15) is 0 Å². The van der Waals surface area contributed by atoms with Crippen molar-refractivity contribution >= 4 is 28.1 Å². The molecule has 0 amide bonds. The van der Waals surface area contributed by atoms with Crippen molar-refractivity contribution in [1.29, 1.82) is 0 Å². The maximum Gasteiger partial charge on any atom is 0.360 e. The number of ether oxygens (including phenoxy) is 2. The van der Waals surface area contributed by atoms with E-state index in [1.54, 1.807) is 6.92 Å². The van der Waals surface area contributed by atoms with E-state index in [0.29, 0.717) is 23.2 Å². The molecule has 0 spiro atoms. The second-order valence-electron chi connectivity index (χ2n) is 6.26. The lowest BCUT2D eigenvalue weighted by atomic mass is 10.2. The molecule has 0 unspecified atom stereocenters. The summed E-state index contributed by atoms with van der Waals surface area (Å²) in [5, 5.41) is 9.50. The Morgan fingerprint density at radius 1 is 1.13 bits per heavy atom. The fourth-order valence-electron chi connectivity index (χ4n) is 2.67. The maximum atomic E-state index is 11.7. The van der Waals surface area contributed by atoms with Gasteiger partial charge in [0.25, 0.3) is 0 Å². The first-order valence-corrected chi connectivity index (χ1v) is 10.2. The molecule has 0 aliphatic rings. The van der Waals surface area contributed by atoms with Crippen LogP contribution in [0.1, 0.15) is 23.0 Å². The predicted octanol–water partition coefficient (Wildman–Crippen LogP) is 5.30. The summed E-state index contributed by atoms with van der Waals surface area (Å²) in [6.45, 7) is 2.51. The molecule has 8 heteroatoms. The summed E-state index contributed by atoms with van der Waals surface area (Å²) in [7, 11) is 0. The van der Waals surface area contributed by atoms with Crippen LogP contribution in [0.2, 0.25) is 0 Å². The Bertz CT molecular complexity index is 1120. The van der Waals surface area contributed by atoms with Crippen LogP contribution in [0.15, 0.2) is 70.6 Å². The van der Waals surface area contributed by atoms with Gasteiger partial charge in [0, 0.05) is 23.2 Å². The largest absolute Gasteiger partial charge is 0.489 e. The predicted molar refractivity (Wildman–Crippen MR) is 114 cm³/mol. The van der Waals surface area contributed by atoms with Crippen molar-refractivity contribution in [3.8, 4) is 17.2 Å². The van der Waals surface area contributed by atoms with Gasteiger partial charge in [0.1, 0.15) is 18.1 Å². The number of anilines is 2. The van der Waals surface area contributed by atoms with Crippen molar-refractivity contribution in [2.45, 2.75) is 13.5 Å². The third-order valence-corrected chi connectivity index (χ3v) is 4.84. The lowest BCUT2D eigenvalue weighted by Gasteiger charge is -2.08. The first-order valence-electron chi connectivity index (χ1n) is 9.35. The van der Waals surface area contributed by atoms with E-state index in [9.17, 15) is 4.79 Å². The van der Waals surface area contributed by atoms with E-state index in [0.717, 1.165) is 17.0 Å². The van der Waals surface area contributed by atoms with Gasteiger partial charge in [-0.05, 0) is 24.6 Å². The highest BCUT2D eigenvalue weighted by Crippen LogP contribution is 2.29. The van der Waals surface area contributed by atoms with Gasteiger partial charge in [0.05, 0.1) is 6.61 Å². The molecule has 4 rings (SSSR count). The Morgan fingerprint density at radius 3 is 2.83 bits per heavy atom. The number of hydrogen-bond donors (Lipinski definition) is 1. The molecule has 0 aliphatic carbocycles. The zero-order valence-electron chi connectivity index (χ0n) is 16.2. The Morgan fingerprint density at radius 2 is 2.00 bits per heavy atom. The Hall–Kier alpha value is -3.65. The molecular weight excluding hydrogens is 402 g/mol. The van der Waals surface area contributed by atoms with Crippen molar-refractivity contribution in [2.75, 3.05) is 11.9 Å². The fourth-order valence-corrected chi connectivity index (χ4v) is 3.39. The van der Waals surface area contributed by atoms with Crippen LogP contribution < -0.4 is 10.1 Å². The monoisotopic (exact) mass is 421 g/mol. The minimum absolute atomic E-state index is 0.123. The third kappa shape index (κ3) is 4.84. The highest BCUT2D eigenvalue weighted by atomic mass is 32.1. The zero-order valence-corrected chi connectivity index (χ0v) is 17.0. The number of nitrogens with one attached hydrogen (secondary N) is 1. The van der Waals surface area contributed by atoms with Gasteiger partial charge in [-0.1, -0.05) is 41.6 Å². The molecule has 152 valence electrons. The summed E-state index contributed by atoms with van der Waals surface area (Å²) in [4.78, 5) is 16.2. The van der Waals surface area contributed by atoms with E-state index >= 15 is 0 Å². The molecule has 7 nitrogen and oxygen atoms in total. The van der Waals surface area contributed by atoms with Crippen LogP contribution in [0.4, 0.5) is 10.8 Å². The quantitative estimate of drug-likeness (QED) is 0.386. The van der Waals surface area contributed by atoms with Crippen LogP contribution >= 0.6 is 11.3 Å². The summed E-state index contributed by atoms with van der Waals surface area (Å²) >= 11 is 1.42. The number of carbonyl (C=O) groups excluding carboxylic acids is 1. The summed E-state index contributed by atoms with van der Waals surface area (Å²) in [5.74, 6) is 0.644. The number of esters is 1. The minimum atomic E-state index is -0.520. The first-order chi connectivity index (χ1) is 14.7. The summed E-state index contributed by atoms with van der Waals surface area (Å²) in [5.41, 5.74) is 2.67. The highest BCUT2D eigenvalue weighted by molar-refractivity contribution is 7.14. The SMILES string of the molecule is CCOC(=O)c1cc(-c2csc(Nc3cccc(OCc4ccccc4)c3)n2)on1. The summed E-state index contributed by atoms with van der Waals surface area (Å²) < 4.78 is 16.0. The average molecular weight is 421 g/mol. The molecule has 4 aromatic rings.